The van der Waals surface area contributed by atoms with E-state index in [0.29, 0.717) is 0 Å². The van der Waals surface area contributed by atoms with Crippen LogP contribution in [-0.4, -0.2) is 21.0 Å². The molecular weight excluding hydrogens is 256 g/mol. The first-order valence-electron chi connectivity index (χ1n) is 6.26. The minimum absolute atomic E-state index is 0.123. The third-order valence-electron chi connectivity index (χ3n) is 2.85. The van der Waals surface area contributed by atoms with Gasteiger partial charge in [0.1, 0.15) is 5.03 Å². The van der Waals surface area contributed by atoms with Crippen LogP contribution in [0.2, 0.25) is 0 Å². The largest absolute Gasteiger partial charge is 0.293 e. The number of carbonyl (C=O) groups is 1. The van der Waals surface area contributed by atoms with E-state index in [1.54, 1.807) is 18.6 Å². The maximum absolute atomic E-state index is 12.3. The van der Waals surface area contributed by atoms with Gasteiger partial charge < -0.3 is 0 Å². The number of hydrogen-bond acceptors (Lipinski definition) is 4. The van der Waals surface area contributed by atoms with Crippen molar-refractivity contribution in [1.82, 2.24) is 9.97 Å². The smallest absolute Gasteiger partial charge is 0.175 e. The number of thioether (sulfide) groups is 1. The minimum Gasteiger partial charge on any atom is -0.293 e. The Balaban J connectivity index is 2.06. The first-order valence-corrected chi connectivity index (χ1v) is 7.14. The second-order valence-corrected chi connectivity index (χ2v) is 5.58. The van der Waals surface area contributed by atoms with Gasteiger partial charge in [0.15, 0.2) is 5.78 Å². The van der Waals surface area contributed by atoms with Crippen LogP contribution in [0.25, 0.3) is 0 Å². The van der Waals surface area contributed by atoms with Crippen LogP contribution in [0.15, 0.2) is 47.9 Å². The quantitative estimate of drug-likeness (QED) is 0.618. The molecule has 4 heteroatoms. The van der Waals surface area contributed by atoms with Crippen molar-refractivity contribution in [3.8, 4) is 0 Å². The predicted molar refractivity (Wildman–Crippen MR) is 77.5 cm³/mol. The summed E-state index contributed by atoms with van der Waals surface area (Å²) in [4.78, 5) is 20.4. The minimum atomic E-state index is -0.163. The second kappa shape index (κ2) is 6.48. The van der Waals surface area contributed by atoms with Crippen molar-refractivity contribution in [2.45, 2.75) is 30.5 Å². The summed E-state index contributed by atoms with van der Waals surface area (Å²) in [6.07, 6.45) is 5.92. The Labute approximate surface area is 117 Å². The summed E-state index contributed by atoms with van der Waals surface area (Å²) in [5.74, 6) is 0.123. The summed E-state index contributed by atoms with van der Waals surface area (Å²) < 4.78 is 0. The topological polar surface area (TPSA) is 42.9 Å². The molecule has 1 unspecified atom stereocenters. The molecule has 0 spiro atoms. The Kier molecular flexibility index (Phi) is 4.68. The van der Waals surface area contributed by atoms with Crippen molar-refractivity contribution in [2.24, 2.45) is 0 Å². The van der Waals surface area contributed by atoms with Crippen LogP contribution in [-0.2, 0) is 6.42 Å². The molecule has 0 radical (unpaired) electrons. The van der Waals surface area contributed by atoms with E-state index in [9.17, 15) is 4.79 Å². The van der Waals surface area contributed by atoms with Crippen molar-refractivity contribution < 1.29 is 4.79 Å². The molecule has 1 heterocycles. The Hall–Kier alpha value is -1.68. The average Bonchev–Trinajstić information content (AvgIpc) is 2.47. The first kappa shape index (κ1) is 13.7. The Bertz CT molecular complexity index is 540. The first-order chi connectivity index (χ1) is 9.20. The molecule has 0 amide bonds. The normalized spacial score (nSPS) is 12.1. The molecule has 19 heavy (non-hydrogen) atoms. The standard InChI is InChI=1S/C15H16N2OS/c1-3-12-4-6-13(7-5-12)15(18)11(2)19-14-10-16-8-9-17-14/h4-11H,3H2,1-2H3. The molecule has 2 aromatic rings. The molecule has 1 aromatic carbocycles. The fourth-order valence-corrected chi connectivity index (χ4v) is 2.57. The summed E-state index contributed by atoms with van der Waals surface area (Å²) in [5, 5.41) is 0.609. The Morgan fingerprint density at radius 1 is 1.26 bits per heavy atom. The lowest BCUT2D eigenvalue weighted by atomic mass is 10.1. The highest BCUT2D eigenvalue weighted by molar-refractivity contribution is 8.00. The highest BCUT2D eigenvalue weighted by Gasteiger charge is 2.16. The number of rotatable bonds is 5. The molecule has 98 valence electrons. The third-order valence-corrected chi connectivity index (χ3v) is 3.87. The highest BCUT2D eigenvalue weighted by atomic mass is 32.2. The van der Waals surface area contributed by atoms with Crippen LogP contribution < -0.4 is 0 Å². The molecule has 3 nitrogen and oxygen atoms in total. The number of ketones is 1. The van der Waals surface area contributed by atoms with Crippen molar-refractivity contribution in [2.75, 3.05) is 0 Å². The second-order valence-electron chi connectivity index (χ2n) is 4.22. The van der Waals surface area contributed by atoms with Crippen molar-refractivity contribution in [3.05, 3.63) is 54.0 Å². The van der Waals surface area contributed by atoms with Gasteiger partial charge >= 0.3 is 0 Å². The number of carbonyl (C=O) groups excluding carboxylic acids is 1. The number of benzene rings is 1. The summed E-state index contributed by atoms with van der Waals surface area (Å²) in [6, 6.07) is 7.81. The van der Waals surface area contributed by atoms with Crippen LogP contribution in [0.4, 0.5) is 0 Å². The summed E-state index contributed by atoms with van der Waals surface area (Å²) in [7, 11) is 0. The van der Waals surface area contributed by atoms with Gasteiger partial charge in [-0.05, 0) is 18.9 Å². The van der Waals surface area contributed by atoms with Gasteiger partial charge in [-0.1, -0.05) is 43.0 Å². The number of hydrogen-bond donors (Lipinski definition) is 0. The molecule has 0 saturated heterocycles. The maximum atomic E-state index is 12.3. The number of aromatic nitrogens is 2. The van der Waals surface area contributed by atoms with Gasteiger partial charge in [0.25, 0.3) is 0 Å². The van der Waals surface area contributed by atoms with E-state index in [1.165, 1.54) is 17.3 Å². The molecule has 0 saturated carbocycles. The monoisotopic (exact) mass is 272 g/mol. The molecule has 0 N–H and O–H groups in total. The van der Waals surface area contributed by atoms with Crippen molar-refractivity contribution in [1.29, 1.82) is 0 Å². The van der Waals surface area contributed by atoms with Crippen LogP contribution in [0.5, 0.6) is 0 Å². The lowest BCUT2D eigenvalue weighted by Crippen LogP contribution is -2.13. The molecule has 1 atom stereocenters. The number of aryl methyl sites for hydroxylation is 1. The van der Waals surface area contributed by atoms with Gasteiger partial charge in [-0.3, -0.25) is 9.78 Å². The van der Waals surface area contributed by atoms with Gasteiger partial charge in [-0.2, -0.15) is 0 Å². The summed E-state index contributed by atoms with van der Waals surface area (Å²) >= 11 is 1.43. The summed E-state index contributed by atoms with van der Waals surface area (Å²) in [6.45, 7) is 4.00. The Morgan fingerprint density at radius 3 is 2.58 bits per heavy atom. The van der Waals surface area contributed by atoms with E-state index in [2.05, 4.69) is 16.9 Å². The van der Waals surface area contributed by atoms with Gasteiger partial charge in [0, 0.05) is 18.0 Å². The van der Waals surface area contributed by atoms with E-state index in [4.69, 9.17) is 0 Å². The van der Waals surface area contributed by atoms with E-state index in [1.807, 2.05) is 31.2 Å². The lowest BCUT2D eigenvalue weighted by Gasteiger charge is -2.09. The van der Waals surface area contributed by atoms with E-state index in [-0.39, 0.29) is 11.0 Å². The zero-order chi connectivity index (χ0) is 13.7. The van der Waals surface area contributed by atoms with Gasteiger partial charge in [-0.15, -0.1) is 0 Å². The Morgan fingerprint density at radius 2 is 2.00 bits per heavy atom. The van der Waals surface area contributed by atoms with Gasteiger partial charge in [-0.25, -0.2) is 4.98 Å². The highest BCUT2D eigenvalue weighted by Crippen LogP contribution is 2.23. The number of nitrogens with zero attached hydrogens (tertiary/aromatic N) is 2. The van der Waals surface area contributed by atoms with Crippen molar-refractivity contribution >= 4 is 17.5 Å². The fourth-order valence-electron chi connectivity index (χ4n) is 1.72. The van der Waals surface area contributed by atoms with Crippen LogP contribution >= 0.6 is 11.8 Å². The van der Waals surface area contributed by atoms with E-state index in [0.717, 1.165) is 17.0 Å². The van der Waals surface area contributed by atoms with Crippen LogP contribution in [0.3, 0.4) is 0 Å². The number of Topliss-reactive ketones (excluding diaryl/α,β-unsaturated/α-hetero) is 1. The van der Waals surface area contributed by atoms with Gasteiger partial charge in [0.05, 0.1) is 11.4 Å². The molecule has 2 rings (SSSR count). The molecular formula is C15H16N2OS. The third kappa shape index (κ3) is 3.64. The average molecular weight is 272 g/mol. The van der Waals surface area contributed by atoms with E-state index >= 15 is 0 Å². The van der Waals surface area contributed by atoms with E-state index < -0.39 is 0 Å². The SMILES string of the molecule is CCc1ccc(C(=O)C(C)Sc2cnccn2)cc1. The molecule has 0 aliphatic carbocycles. The predicted octanol–water partition coefficient (Wildman–Crippen LogP) is 3.40. The molecule has 0 aliphatic heterocycles. The van der Waals surface area contributed by atoms with Gasteiger partial charge in [0.2, 0.25) is 0 Å². The molecule has 1 aromatic heterocycles. The van der Waals surface area contributed by atoms with Crippen LogP contribution in [0.1, 0.15) is 29.8 Å². The lowest BCUT2D eigenvalue weighted by molar-refractivity contribution is 0.0994. The summed E-state index contributed by atoms with van der Waals surface area (Å²) in [5.41, 5.74) is 1.99. The van der Waals surface area contributed by atoms with Crippen LogP contribution in [0, 0.1) is 0 Å². The molecule has 0 aliphatic rings. The fraction of sp³-hybridized carbons (Fsp3) is 0.267. The zero-order valence-electron chi connectivity index (χ0n) is 11.0. The zero-order valence-corrected chi connectivity index (χ0v) is 11.9. The van der Waals surface area contributed by atoms with Crippen molar-refractivity contribution in [3.63, 3.8) is 0 Å². The maximum Gasteiger partial charge on any atom is 0.175 e. The molecule has 0 bridgehead atoms. The molecule has 0 fully saturated rings.